The Bertz CT molecular complexity index is 816. The highest BCUT2D eigenvalue weighted by Gasteiger charge is 2.19. The van der Waals surface area contributed by atoms with Gasteiger partial charge < -0.3 is 20.3 Å². The molecule has 1 saturated heterocycles. The first-order valence-electron chi connectivity index (χ1n) is 9.81. The fourth-order valence-electron chi connectivity index (χ4n) is 3.14. The van der Waals surface area contributed by atoms with Crippen molar-refractivity contribution in [2.75, 3.05) is 36.9 Å². The van der Waals surface area contributed by atoms with Crippen molar-refractivity contribution < 1.29 is 14.3 Å². The maximum atomic E-state index is 12.5. The highest BCUT2D eigenvalue weighted by atomic mass is 16.5. The summed E-state index contributed by atoms with van der Waals surface area (Å²) in [5.74, 6) is 0.624. The van der Waals surface area contributed by atoms with E-state index in [-0.39, 0.29) is 18.4 Å². The first-order chi connectivity index (χ1) is 13.7. The van der Waals surface area contributed by atoms with E-state index >= 15 is 0 Å². The van der Waals surface area contributed by atoms with Gasteiger partial charge in [0.15, 0.2) is 0 Å². The molecule has 6 heteroatoms. The van der Waals surface area contributed by atoms with Gasteiger partial charge in [-0.3, -0.25) is 9.59 Å². The lowest BCUT2D eigenvalue weighted by Gasteiger charge is -2.16. The molecule has 0 spiro atoms. The van der Waals surface area contributed by atoms with E-state index in [0.717, 1.165) is 43.8 Å². The molecule has 0 saturated carbocycles. The van der Waals surface area contributed by atoms with Crippen molar-refractivity contribution in [3.63, 3.8) is 0 Å². The van der Waals surface area contributed by atoms with E-state index in [1.165, 1.54) is 0 Å². The molecule has 3 rings (SSSR count). The zero-order valence-electron chi connectivity index (χ0n) is 16.2. The van der Waals surface area contributed by atoms with Crippen LogP contribution in [0.25, 0.3) is 0 Å². The van der Waals surface area contributed by atoms with Crippen LogP contribution >= 0.6 is 0 Å². The topological polar surface area (TPSA) is 70.7 Å². The Morgan fingerprint density at radius 3 is 2.57 bits per heavy atom. The molecule has 0 radical (unpaired) electrons. The monoisotopic (exact) mass is 381 g/mol. The maximum absolute atomic E-state index is 12.5. The average molecular weight is 381 g/mol. The van der Waals surface area contributed by atoms with Crippen LogP contribution in [-0.2, 0) is 4.79 Å². The van der Waals surface area contributed by atoms with Crippen molar-refractivity contribution in [1.29, 1.82) is 0 Å². The normalized spacial score (nSPS) is 13.2. The van der Waals surface area contributed by atoms with Crippen LogP contribution in [0.3, 0.4) is 0 Å². The zero-order valence-corrected chi connectivity index (χ0v) is 16.2. The predicted molar refractivity (Wildman–Crippen MR) is 111 cm³/mol. The van der Waals surface area contributed by atoms with Crippen LogP contribution in [0.4, 0.5) is 11.4 Å². The minimum atomic E-state index is -0.163. The van der Waals surface area contributed by atoms with E-state index in [0.29, 0.717) is 17.9 Å². The lowest BCUT2D eigenvalue weighted by molar-refractivity contribution is -0.114. The molecule has 28 heavy (non-hydrogen) atoms. The Kier molecular flexibility index (Phi) is 6.89. The van der Waals surface area contributed by atoms with Crippen molar-refractivity contribution >= 4 is 23.2 Å². The number of hydrogen-bond acceptors (Lipinski definition) is 4. The summed E-state index contributed by atoms with van der Waals surface area (Å²) in [4.78, 5) is 26.6. The molecule has 1 heterocycles. The highest BCUT2D eigenvalue weighted by molar-refractivity contribution is 5.96. The van der Waals surface area contributed by atoms with Gasteiger partial charge in [-0.2, -0.15) is 0 Å². The first kappa shape index (κ1) is 19.7. The molecule has 1 aliphatic heterocycles. The van der Waals surface area contributed by atoms with Crippen molar-refractivity contribution in [2.24, 2.45) is 0 Å². The Morgan fingerprint density at radius 1 is 1.04 bits per heavy atom. The highest BCUT2D eigenvalue weighted by Crippen LogP contribution is 2.18. The number of nitrogens with zero attached hydrogens (tertiary/aromatic N) is 1. The Morgan fingerprint density at radius 2 is 1.79 bits per heavy atom. The second-order valence-corrected chi connectivity index (χ2v) is 6.86. The van der Waals surface area contributed by atoms with Gasteiger partial charge in [0.1, 0.15) is 5.75 Å². The quantitative estimate of drug-likeness (QED) is 0.730. The molecule has 2 aromatic carbocycles. The summed E-state index contributed by atoms with van der Waals surface area (Å²) in [7, 11) is 0. The molecule has 2 aromatic rings. The van der Waals surface area contributed by atoms with Crippen molar-refractivity contribution in [1.82, 2.24) is 4.90 Å². The number of ether oxygens (including phenoxy) is 1. The van der Waals surface area contributed by atoms with Gasteiger partial charge in [-0.05, 0) is 49.6 Å². The summed E-state index contributed by atoms with van der Waals surface area (Å²) >= 11 is 0. The second-order valence-electron chi connectivity index (χ2n) is 6.86. The number of anilines is 2. The Balaban J connectivity index is 1.53. The van der Waals surface area contributed by atoms with Crippen LogP contribution in [0.1, 0.15) is 36.5 Å². The number of carbonyl (C=O) groups excluding carboxylic acids is 2. The number of carbonyl (C=O) groups is 2. The number of benzene rings is 2. The predicted octanol–water partition coefficient (Wildman–Crippen LogP) is 3.76. The lowest BCUT2D eigenvalue weighted by atomic mass is 10.1. The van der Waals surface area contributed by atoms with Gasteiger partial charge in [-0.15, -0.1) is 0 Å². The summed E-state index contributed by atoms with van der Waals surface area (Å²) in [6.07, 6.45) is 3.06. The van der Waals surface area contributed by atoms with Crippen LogP contribution in [0.15, 0.2) is 48.5 Å². The molecular weight excluding hydrogens is 354 g/mol. The van der Waals surface area contributed by atoms with Crippen LogP contribution in [0.2, 0.25) is 0 Å². The number of amides is 2. The maximum Gasteiger partial charge on any atom is 0.253 e. The molecule has 1 fully saturated rings. The molecule has 6 nitrogen and oxygen atoms in total. The molecular formula is C22H27N3O3. The van der Waals surface area contributed by atoms with Gasteiger partial charge in [-0.25, -0.2) is 0 Å². The summed E-state index contributed by atoms with van der Waals surface area (Å²) in [5, 5.41) is 5.94. The molecule has 0 aromatic heterocycles. The minimum absolute atomic E-state index is 0.0505. The van der Waals surface area contributed by atoms with E-state index in [2.05, 4.69) is 10.6 Å². The molecule has 1 aliphatic rings. The van der Waals surface area contributed by atoms with Crippen LogP contribution in [0, 0.1) is 0 Å². The van der Waals surface area contributed by atoms with Gasteiger partial charge >= 0.3 is 0 Å². The molecule has 2 N–H and O–H groups in total. The molecule has 2 amide bonds. The van der Waals surface area contributed by atoms with Crippen molar-refractivity contribution in [3.05, 3.63) is 54.1 Å². The number of hydrogen-bond donors (Lipinski definition) is 2. The largest absolute Gasteiger partial charge is 0.494 e. The first-order valence-corrected chi connectivity index (χ1v) is 9.81. The summed E-state index contributed by atoms with van der Waals surface area (Å²) in [6, 6.07) is 14.6. The van der Waals surface area contributed by atoms with E-state index in [4.69, 9.17) is 4.74 Å². The van der Waals surface area contributed by atoms with E-state index in [1.807, 2.05) is 54.3 Å². The van der Waals surface area contributed by atoms with E-state index in [9.17, 15) is 9.59 Å². The lowest BCUT2D eigenvalue weighted by Crippen LogP contribution is -2.27. The zero-order chi connectivity index (χ0) is 19.8. The van der Waals surface area contributed by atoms with Crippen LogP contribution < -0.4 is 15.4 Å². The fourth-order valence-corrected chi connectivity index (χ4v) is 3.14. The molecule has 0 unspecified atom stereocenters. The van der Waals surface area contributed by atoms with E-state index in [1.54, 1.807) is 6.07 Å². The number of likely N-dealkylation sites (tertiary alicyclic amines) is 1. The molecule has 0 aliphatic carbocycles. The van der Waals surface area contributed by atoms with Gasteiger partial charge in [0.05, 0.1) is 13.2 Å². The standard InChI is InChI=1S/C22H27N3O3/c1-2-13-28-20-10-6-9-19(15-20)24-21(26)16-23-18-8-5-7-17(14-18)22(27)25-11-3-4-12-25/h5-10,14-15,23H,2-4,11-13,16H2,1H3,(H,24,26). The van der Waals surface area contributed by atoms with E-state index < -0.39 is 0 Å². The third-order valence-corrected chi connectivity index (χ3v) is 4.55. The Hall–Kier alpha value is -3.02. The second kappa shape index (κ2) is 9.78. The van der Waals surface area contributed by atoms with Crippen LogP contribution in [-0.4, -0.2) is 43.0 Å². The fraction of sp³-hybridized carbons (Fsp3) is 0.364. The number of rotatable bonds is 8. The molecule has 148 valence electrons. The average Bonchev–Trinajstić information content (AvgIpc) is 3.25. The smallest absolute Gasteiger partial charge is 0.253 e. The summed E-state index contributed by atoms with van der Waals surface area (Å²) in [5.41, 5.74) is 2.09. The third kappa shape index (κ3) is 5.49. The van der Waals surface area contributed by atoms with Gasteiger partial charge in [0.2, 0.25) is 5.91 Å². The van der Waals surface area contributed by atoms with Crippen molar-refractivity contribution in [3.8, 4) is 5.75 Å². The SMILES string of the molecule is CCCOc1cccc(NC(=O)CNc2cccc(C(=O)N3CCCC3)c2)c1. The van der Waals surface area contributed by atoms with Gasteiger partial charge in [0, 0.05) is 36.1 Å². The van der Waals surface area contributed by atoms with Crippen LogP contribution in [0.5, 0.6) is 5.75 Å². The summed E-state index contributed by atoms with van der Waals surface area (Å²) < 4.78 is 5.58. The van der Waals surface area contributed by atoms with Gasteiger partial charge in [-0.1, -0.05) is 19.1 Å². The third-order valence-electron chi connectivity index (χ3n) is 4.55. The molecule has 0 atom stereocenters. The summed E-state index contributed by atoms with van der Waals surface area (Å²) in [6.45, 7) is 4.44. The molecule has 0 bridgehead atoms. The Labute approximate surface area is 165 Å². The van der Waals surface area contributed by atoms with Gasteiger partial charge in [0.25, 0.3) is 5.91 Å². The minimum Gasteiger partial charge on any atom is -0.494 e. The van der Waals surface area contributed by atoms with Crippen molar-refractivity contribution in [2.45, 2.75) is 26.2 Å². The number of nitrogens with one attached hydrogen (secondary N) is 2.